The van der Waals surface area contributed by atoms with Crippen LogP contribution < -0.4 is 0 Å². The Hall–Kier alpha value is -0.880. The lowest BCUT2D eigenvalue weighted by Gasteiger charge is -2.02. The van der Waals surface area contributed by atoms with Crippen LogP contribution in [0.2, 0.25) is 0 Å². The van der Waals surface area contributed by atoms with Gasteiger partial charge in [0.1, 0.15) is 9.21 Å². The highest BCUT2D eigenvalue weighted by atomic mass is 79.9. The molecule has 0 aliphatic carbocycles. The summed E-state index contributed by atoms with van der Waals surface area (Å²) in [6, 6.07) is 5.18. The Morgan fingerprint density at radius 2 is 1.50 bits per heavy atom. The average Bonchev–Trinajstić information content (AvgIpc) is 2.20. The highest BCUT2D eigenvalue weighted by molar-refractivity contribution is 9.11. The van der Waals surface area contributed by atoms with Crippen LogP contribution in [-0.2, 0) is 0 Å². The molecular formula is C10H4Br2F2N2. The highest BCUT2D eigenvalue weighted by Crippen LogP contribution is 2.22. The molecule has 0 unspecified atom stereocenters. The first-order valence-corrected chi connectivity index (χ1v) is 5.80. The molecule has 0 atom stereocenters. The van der Waals surface area contributed by atoms with E-state index in [1.165, 1.54) is 6.07 Å². The molecule has 0 spiro atoms. The van der Waals surface area contributed by atoms with Crippen LogP contribution in [0.1, 0.15) is 0 Å². The van der Waals surface area contributed by atoms with Crippen LogP contribution in [0.5, 0.6) is 0 Å². The lowest BCUT2D eigenvalue weighted by molar-refractivity contribution is 0.509. The third-order valence-corrected chi connectivity index (χ3v) is 2.65. The number of nitrogens with zero attached hydrogens (tertiary/aromatic N) is 2. The van der Waals surface area contributed by atoms with Gasteiger partial charge in [-0.15, -0.1) is 0 Å². The van der Waals surface area contributed by atoms with Gasteiger partial charge >= 0.3 is 0 Å². The van der Waals surface area contributed by atoms with E-state index in [4.69, 9.17) is 0 Å². The number of hydrogen-bond acceptors (Lipinski definition) is 2. The first-order chi connectivity index (χ1) is 7.56. The zero-order valence-electron chi connectivity index (χ0n) is 7.72. The van der Waals surface area contributed by atoms with E-state index >= 15 is 0 Å². The number of halogens is 4. The van der Waals surface area contributed by atoms with Crippen LogP contribution in [0.3, 0.4) is 0 Å². The summed E-state index contributed by atoms with van der Waals surface area (Å²) in [6.07, 6.45) is 0. The minimum absolute atomic E-state index is 0.320. The monoisotopic (exact) mass is 348 g/mol. The third kappa shape index (κ3) is 2.44. The zero-order chi connectivity index (χ0) is 11.7. The lowest BCUT2D eigenvalue weighted by Crippen LogP contribution is -1.92. The summed E-state index contributed by atoms with van der Waals surface area (Å²) in [5.74, 6) is -1.49. The molecule has 0 amide bonds. The Morgan fingerprint density at radius 1 is 0.875 bits per heavy atom. The highest BCUT2D eigenvalue weighted by Gasteiger charge is 2.08. The van der Waals surface area contributed by atoms with E-state index < -0.39 is 11.6 Å². The van der Waals surface area contributed by atoms with Gasteiger partial charge in [-0.05, 0) is 50.1 Å². The Morgan fingerprint density at radius 3 is 2.06 bits per heavy atom. The van der Waals surface area contributed by atoms with Crippen molar-refractivity contribution in [2.45, 2.75) is 0 Å². The molecule has 0 bridgehead atoms. The van der Waals surface area contributed by atoms with E-state index in [1.807, 2.05) is 0 Å². The first-order valence-electron chi connectivity index (χ1n) is 4.22. The summed E-state index contributed by atoms with van der Waals surface area (Å²) in [6.45, 7) is 0. The van der Waals surface area contributed by atoms with Gasteiger partial charge in [0.25, 0.3) is 0 Å². The van der Waals surface area contributed by atoms with Crippen LogP contribution in [-0.4, -0.2) is 9.97 Å². The summed E-state index contributed by atoms with van der Waals surface area (Å²) in [5.41, 5.74) is 0.418. The molecule has 0 aliphatic heterocycles. The SMILES string of the molecule is Fc1ccc(-c2nc(Br)cc(Br)n2)cc1F. The van der Waals surface area contributed by atoms with Crippen molar-refractivity contribution in [3.63, 3.8) is 0 Å². The van der Waals surface area contributed by atoms with E-state index in [9.17, 15) is 8.78 Å². The third-order valence-electron chi connectivity index (χ3n) is 1.84. The molecular weight excluding hydrogens is 346 g/mol. The second kappa shape index (κ2) is 4.55. The van der Waals surface area contributed by atoms with Crippen molar-refractivity contribution in [3.05, 3.63) is 45.1 Å². The van der Waals surface area contributed by atoms with E-state index in [0.29, 0.717) is 20.6 Å². The maximum Gasteiger partial charge on any atom is 0.161 e. The van der Waals surface area contributed by atoms with Crippen molar-refractivity contribution >= 4 is 31.9 Å². The predicted octanol–water partition coefficient (Wildman–Crippen LogP) is 3.95. The van der Waals surface area contributed by atoms with Crippen LogP contribution in [0, 0.1) is 11.6 Å². The van der Waals surface area contributed by atoms with Gasteiger partial charge in [0.15, 0.2) is 17.5 Å². The maximum absolute atomic E-state index is 13.0. The number of rotatable bonds is 1. The Bertz CT molecular complexity index is 526. The molecule has 1 aromatic heterocycles. The van der Waals surface area contributed by atoms with Crippen molar-refractivity contribution in [2.75, 3.05) is 0 Å². The molecule has 0 radical (unpaired) electrons. The molecule has 2 aromatic rings. The van der Waals surface area contributed by atoms with Crippen molar-refractivity contribution in [1.29, 1.82) is 0 Å². The van der Waals surface area contributed by atoms with Gasteiger partial charge in [0, 0.05) is 11.6 Å². The minimum Gasteiger partial charge on any atom is -0.221 e. The number of aromatic nitrogens is 2. The Balaban J connectivity index is 2.54. The fraction of sp³-hybridized carbons (Fsp3) is 0. The summed E-state index contributed by atoms with van der Waals surface area (Å²) in [4.78, 5) is 8.12. The molecule has 0 fully saturated rings. The van der Waals surface area contributed by atoms with E-state index in [1.54, 1.807) is 6.07 Å². The summed E-state index contributed by atoms with van der Waals surface area (Å²) in [5, 5.41) is 0. The average molecular weight is 350 g/mol. The largest absolute Gasteiger partial charge is 0.221 e. The minimum atomic E-state index is -0.919. The molecule has 2 rings (SSSR count). The van der Waals surface area contributed by atoms with Crippen molar-refractivity contribution in [1.82, 2.24) is 9.97 Å². The van der Waals surface area contributed by atoms with Crippen LogP contribution in [0.25, 0.3) is 11.4 Å². The summed E-state index contributed by atoms with van der Waals surface area (Å²) < 4.78 is 26.9. The molecule has 0 saturated heterocycles. The molecule has 6 heteroatoms. The Labute approximate surface area is 107 Å². The first kappa shape index (κ1) is 11.6. The quantitative estimate of drug-likeness (QED) is 0.728. The number of benzene rings is 1. The second-order valence-corrected chi connectivity index (χ2v) is 4.59. The fourth-order valence-electron chi connectivity index (χ4n) is 1.15. The Kier molecular flexibility index (Phi) is 3.30. The molecule has 16 heavy (non-hydrogen) atoms. The lowest BCUT2D eigenvalue weighted by atomic mass is 10.2. The maximum atomic E-state index is 13.0. The smallest absolute Gasteiger partial charge is 0.161 e. The summed E-state index contributed by atoms with van der Waals surface area (Å²) >= 11 is 6.39. The fourth-order valence-corrected chi connectivity index (χ4v) is 2.23. The molecule has 1 heterocycles. The predicted molar refractivity (Wildman–Crippen MR) is 62.8 cm³/mol. The van der Waals surface area contributed by atoms with Gasteiger partial charge in [-0.2, -0.15) is 0 Å². The topological polar surface area (TPSA) is 25.8 Å². The van der Waals surface area contributed by atoms with Gasteiger partial charge in [0.2, 0.25) is 0 Å². The molecule has 0 N–H and O–H groups in total. The van der Waals surface area contributed by atoms with Crippen LogP contribution in [0.15, 0.2) is 33.5 Å². The molecule has 82 valence electrons. The van der Waals surface area contributed by atoms with E-state index in [-0.39, 0.29) is 0 Å². The van der Waals surface area contributed by atoms with Crippen molar-refractivity contribution < 1.29 is 8.78 Å². The van der Waals surface area contributed by atoms with E-state index in [0.717, 1.165) is 12.1 Å². The normalized spacial score (nSPS) is 10.5. The number of hydrogen-bond donors (Lipinski definition) is 0. The summed E-state index contributed by atoms with van der Waals surface area (Å²) in [7, 11) is 0. The standard InChI is InChI=1S/C10H4Br2F2N2/c11-8-4-9(12)16-10(15-8)5-1-2-6(13)7(14)3-5/h1-4H. The van der Waals surface area contributed by atoms with Crippen LogP contribution in [0.4, 0.5) is 8.78 Å². The molecule has 0 saturated carbocycles. The molecule has 0 aliphatic rings. The van der Waals surface area contributed by atoms with E-state index in [2.05, 4.69) is 41.8 Å². The van der Waals surface area contributed by atoms with Crippen LogP contribution >= 0.6 is 31.9 Å². The molecule has 2 nitrogen and oxygen atoms in total. The van der Waals surface area contributed by atoms with Crippen molar-refractivity contribution in [2.24, 2.45) is 0 Å². The van der Waals surface area contributed by atoms with Crippen molar-refractivity contribution in [3.8, 4) is 11.4 Å². The van der Waals surface area contributed by atoms with Gasteiger partial charge in [-0.25, -0.2) is 18.7 Å². The van der Waals surface area contributed by atoms with Gasteiger partial charge in [0.05, 0.1) is 0 Å². The van der Waals surface area contributed by atoms with Gasteiger partial charge < -0.3 is 0 Å². The molecule has 1 aromatic carbocycles. The zero-order valence-corrected chi connectivity index (χ0v) is 10.9. The second-order valence-electron chi connectivity index (χ2n) is 2.97. The van der Waals surface area contributed by atoms with Gasteiger partial charge in [-0.3, -0.25) is 0 Å². The van der Waals surface area contributed by atoms with Gasteiger partial charge in [-0.1, -0.05) is 0 Å².